The van der Waals surface area contributed by atoms with E-state index in [0.29, 0.717) is 29.5 Å². The Balaban J connectivity index is 1.51. The second-order valence-corrected chi connectivity index (χ2v) is 13.0. The van der Waals surface area contributed by atoms with Crippen LogP contribution in [0.5, 0.6) is 5.75 Å². The standard InChI is InChI=1S/C30H44N4O5S/c1-22-17-28(39-7)18-23(2)30(22)40(37,38)33(6)21-27(35)14-15-29(36)32(5)19-24-10-12-25(13-11-24)34-16-8-9-26(34)20-31(3)4/h10-13,17-18,26H,8-9,14-16,19-21H2,1-7H3. The van der Waals surface area contributed by atoms with E-state index in [1.807, 2.05) is 0 Å². The van der Waals surface area contributed by atoms with Crippen LogP contribution < -0.4 is 9.64 Å². The Labute approximate surface area is 239 Å². The van der Waals surface area contributed by atoms with Crippen LogP contribution in [0.3, 0.4) is 0 Å². The summed E-state index contributed by atoms with van der Waals surface area (Å²) in [5.41, 5.74) is 3.32. The van der Waals surface area contributed by atoms with Gasteiger partial charge < -0.3 is 19.4 Å². The van der Waals surface area contributed by atoms with Crippen LogP contribution in [0, 0.1) is 13.8 Å². The number of hydrogen-bond acceptors (Lipinski definition) is 7. The van der Waals surface area contributed by atoms with Crippen LogP contribution in [0.15, 0.2) is 41.3 Å². The third-order valence-electron chi connectivity index (χ3n) is 7.42. The van der Waals surface area contributed by atoms with Crippen molar-refractivity contribution < 1.29 is 22.7 Å². The molecule has 1 unspecified atom stereocenters. The largest absolute Gasteiger partial charge is 0.497 e. The van der Waals surface area contributed by atoms with Crippen molar-refractivity contribution in [3.05, 3.63) is 53.1 Å². The highest BCUT2D eigenvalue weighted by Crippen LogP contribution is 2.28. The summed E-state index contributed by atoms with van der Waals surface area (Å²) in [5, 5.41) is 0. The number of amides is 1. The van der Waals surface area contributed by atoms with Crippen LogP contribution in [0.1, 0.15) is 42.4 Å². The maximum absolute atomic E-state index is 13.2. The number of benzene rings is 2. The Kier molecular flexibility index (Phi) is 10.7. The quantitative estimate of drug-likeness (QED) is 0.363. The first-order chi connectivity index (χ1) is 18.8. The van der Waals surface area contributed by atoms with Gasteiger partial charge in [-0.15, -0.1) is 0 Å². The van der Waals surface area contributed by atoms with E-state index in [-0.39, 0.29) is 36.0 Å². The molecule has 1 aliphatic heterocycles. The minimum atomic E-state index is -3.88. The van der Waals surface area contributed by atoms with Gasteiger partial charge in [0.15, 0.2) is 0 Å². The zero-order valence-corrected chi connectivity index (χ0v) is 25.8. The van der Waals surface area contributed by atoms with E-state index >= 15 is 0 Å². The summed E-state index contributed by atoms with van der Waals surface area (Å²) in [6, 6.07) is 12.2. The molecule has 0 aromatic heterocycles. The predicted molar refractivity (Wildman–Crippen MR) is 158 cm³/mol. The zero-order valence-electron chi connectivity index (χ0n) is 24.9. The molecule has 0 radical (unpaired) electrons. The van der Waals surface area contributed by atoms with Crippen LogP contribution >= 0.6 is 0 Å². The predicted octanol–water partition coefficient (Wildman–Crippen LogP) is 3.47. The first kappa shape index (κ1) is 31.6. The SMILES string of the molecule is COc1cc(C)c(S(=O)(=O)N(C)CC(=O)CCC(=O)N(C)Cc2ccc(N3CCCC3CN(C)C)cc2)c(C)c1. The number of rotatable bonds is 13. The summed E-state index contributed by atoms with van der Waals surface area (Å²) in [5.74, 6) is 0.112. The van der Waals surface area contributed by atoms with E-state index in [0.717, 1.165) is 23.0 Å². The summed E-state index contributed by atoms with van der Waals surface area (Å²) in [4.78, 5) is 31.8. The van der Waals surface area contributed by atoms with Crippen molar-refractivity contribution in [2.24, 2.45) is 0 Å². The van der Waals surface area contributed by atoms with Crippen LogP contribution in [0.4, 0.5) is 5.69 Å². The molecule has 0 N–H and O–H groups in total. The summed E-state index contributed by atoms with van der Waals surface area (Å²) in [7, 11) is 4.96. The topological polar surface area (TPSA) is 90.5 Å². The van der Waals surface area contributed by atoms with Gasteiger partial charge in [0.25, 0.3) is 0 Å². The van der Waals surface area contributed by atoms with Crippen LogP contribution in [-0.4, -0.2) is 95.2 Å². The van der Waals surface area contributed by atoms with E-state index < -0.39 is 10.0 Å². The normalized spacial score (nSPS) is 15.6. The number of sulfonamides is 1. The summed E-state index contributed by atoms with van der Waals surface area (Å²) in [6.07, 6.45) is 2.39. The fourth-order valence-electron chi connectivity index (χ4n) is 5.38. The van der Waals surface area contributed by atoms with Gasteiger partial charge in [-0.25, -0.2) is 8.42 Å². The Bertz CT molecular complexity index is 1270. The molecular formula is C30H44N4O5S. The summed E-state index contributed by atoms with van der Waals surface area (Å²) in [6.45, 7) is 5.64. The lowest BCUT2D eigenvalue weighted by Crippen LogP contribution is -2.37. The maximum Gasteiger partial charge on any atom is 0.243 e. The molecule has 2 aromatic carbocycles. The van der Waals surface area contributed by atoms with Crippen LogP contribution in [0.2, 0.25) is 0 Å². The van der Waals surface area contributed by atoms with E-state index in [2.05, 4.69) is 48.2 Å². The van der Waals surface area contributed by atoms with Gasteiger partial charge in [0.1, 0.15) is 11.5 Å². The monoisotopic (exact) mass is 572 g/mol. The Morgan fingerprint density at radius 3 is 2.20 bits per heavy atom. The molecule has 1 aliphatic rings. The number of methoxy groups -OCH3 is 1. The van der Waals surface area contributed by atoms with Gasteiger partial charge in [0, 0.05) is 58.3 Å². The molecule has 0 aliphatic carbocycles. The lowest BCUT2D eigenvalue weighted by atomic mass is 10.1. The van der Waals surface area contributed by atoms with Crippen molar-refractivity contribution in [3.63, 3.8) is 0 Å². The number of Topliss-reactive ketones (excluding diaryl/α,β-unsaturated/α-hetero) is 1. The molecule has 3 rings (SSSR count). The van der Waals surface area contributed by atoms with Crippen LogP contribution in [-0.2, 0) is 26.2 Å². The average Bonchev–Trinajstić information content (AvgIpc) is 3.34. The van der Waals surface area contributed by atoms with Gasteiger partial charge in [-0.2, -0.15) is 4.31 Å². The average molecular weight is 573 g/mol. The Hall–Kier alpha value is -2.95. The molecular weight excluding hydrogens is 528 g/mol. The second kappa shape index (κ2) is 13.6. The van der Waals surface area contributed by atoms with Crippen LogP contribution in [0.25, 0.3) is 0 Å². The number of carbonyl (C=O) groups is 2. The van der Waals surface area contributed by atoms with E-state index in [9.17, 15) is 18.0 Å². The molecule has 1 fully saturated rings. The summed E-state index contributed by atoms with van der Waals surface area (Å²) >= 11 is 0. The molecule has 1 saturated heterocycles. The summed E-state index contributed by atoms with van der Waals surface area (Å²) < 4.78 is 32.6. The number of likely N-dealkylation sites (N-methyl/N-ethyl adjacent to an activating group) is 2. The molecule has 0 bridgehead atoms. The van der Waals surface area contributed by atoms with E-state index in [4.69, 9.17) is 4.74 Å². The van der Waals surface area contributed by atoms with Crippen molar-refractivity contribution >= 4 is 27.4 Å². The molecule has 1 amide bonds. The highest BCUT2D eigenvalue weighted by atomic mass is 32.2. The molecule has 0 saturated carbocycles. The van der Waals surface area contributed by atoms with Gasteiger partial charge in [0.05, 0.1) is 18.6 Å². The lowest BCUT2D eigenvalue weighted by Gasteiger charge is -2.29. The van der Waals surface area contributed by atoms with Gasteiger partial charge in [-0.3, -0.25) is 9.59 Å². The maximum atomic E-state index is 13.2. The van der Waals surface area contributed by atoms with Crippen molar-refractivity contribution in [2.75, 3.05) is 59.8 Å². The van der Waals surface area contributed by atoms with Gasteiger partial charge in [-0.1, -0.05) is 12.1 Å². The molecule has 1 atom stereocenters. The fraction of sp³-hybridized carbons (Fsp3) is 0.533. The number of carbonyl (C=O) groups excluding carboxylic acids is 2. The van der Waals surface area contributed by atoms with Crippen molar-refractivity contribution in [2.45, 2.75) is 57.0 Å². The van der Waals surface area contributed by atoms with Gasteiger partial charge >= 0.3 is 0 Å². The molecule has 2 aromatic rings. The lowest BCUT2D eigenvalue weighted by molar-refractivity contribution is -0.132. The van der Waals surface area contributed by atoms with Gasteiger partial charge in [-0.05, 0) is 81.7 Å². The fourth-order valence-corrected chi connectivity index (χ4v) is 6.94. The molecule has 1 heterocycles. The number of nitrogens with zero attached hydrogens (tertiary/aromatic N) is 4. The third kappa shape index (κ3) is 7.83. The first-order valence-electron chi connectivity index (χ1n) is 13.7. The number of aryl methyl sites for hydroxylation is 2. The molecule has 0 spiro atoms. The third-order valence-corrected chi connectivity index (χ3v) is 9.53. The van der Waals surface area contributed by atoms with Crippen molar-refractivity contribution in [1.82, 2.24) is 14.1 Å². The molecule has 10 heteroatoms. The smallest absolute Gasteiger partial charge is 0.243 e. The minimum absolute atomic E-state index is 0.0230. The highest BCUT2D eigenvalue weighted by molar-refractivity contribution is 7.89. The molecule has 9 nitrogen and oxygen atoms in total. The number of ether oxygens (including phenoxy) is 1. The second-order valence-electron chi connectivity index (χ2n) is 11.1. The van der Waals surface area contributed by atoms with Crippen molar-refractivity contribution in [1.29, 1.82) is 0 Å². The highest BCUT2D eigenvalue weighted by Gasteiger charge is 2.28. The number of ketones is 1. The van der Waals surface area contributed by atoms with Crippen molar-refractivity contribution in [3.8, 4) is 5.75 Å². The van der Waals surface area contributed by atoms with Gasteiger partial charge in [0.2, 0.25) is 15.9 Å². The Morgan fingerprint density at radius 2 is 1.62 bits per heavy atom. The zero-order chi connectivity index (χ0) is 29.6. The molecule has 220 valence electrons. The van der Waals surface area contributed by atoms with E-state index in [1.165, 1.54) is 32.7 Å². The molecule has 40 heavy (non-hydrogen) atoms. The minimum Gasteiger partial charge on any atom is -0.497 e. The first-order valence-corrected chi connectivity index (χ1v) is 15.1. The number of hydrogen-bond donors (Lipinski definition) is 0. The number of anilines is 1. The van der Waals surface area contributed by atoms with E-state index in [1.54, 1.807) is 37.9 Å². The Morgan fingerprint density at radius 1 is 1.00 bits per heavy atom.